The normalized spacial score (nSPS) is 11.6. The molecule has 2 rings (SSSR count). The molecule has 1 amide bonds. The molecule has 1 aromatic carbocycles. The van der Waals surface area contributed by atoms with E-state index in [0.717, 1.165) is 23.8 Å². The summed E-state index contributed by atoms with van der Waals surface area (Å²) in [6.07, 6.45) is 3.68. The van der Waals surface area contributed by atoms with E-state index in [1.807, 2.05) is 18.3 Å². The van der Waals surface area contributed by atoms with Crippen molar-refractivity contribution in [3.8, 4) is 11.1 Å². The minimum atomic E-state index is -1.06. The molecule has 2 aromatic rings. The van der Waals surface area contributed by atoms with E-state index in [2.05, 4.69) is 24.7 Å². The summed E-state index contributed by atoms with van der Waals surface area (Å²) in [4.78, 5) is 11.2. The minimum Gasteiger partial charge on any atom is -0.366 e. The fraction of sp³-hybridized carbons (Fsp3) is 0.375. The molecule has 0 bridgehead atoms. The van der Waals surface area contributed by atoms with Gasteiger partial charge in [-0.15, -0.1) is 0 Å². The fourth-order valence-corrected chi connectivity index (χ4v) is 2.73. The molecule has 5 nitrogen and oxygen atoms in total. The molecule has 0 saturated heterocycles. The van der Waals surface area contributed by atoms with Crippen LogP contribution in [0.25, 0.3) is 11.1 Å². The maximum absolute atomic E-state index is 11.2. The molecule has 6 heteroatoms. The number of aromatic nitrogens is 2. The Balaban J connectivity index is 1.97. The second-order valence-electron chi connectivity index (χ2n) is 6.56. The van der Waals surface area contributed by atoms with Gasteiger partial charge in [0, 0.05) is 32.0 Å². The smallest absolute Gasteiger partial charge is 0.248 e. The lowest BCUT2D eigenvalue weighted by molar-refractivity contribution is 0.0786. The highest BCUT2D eigenvalue weighted by Gasteiger charge is 2.12. The van der Waals surface area contributed by atoms with Gasteiger partial charge in [0.1, 0.15) is 6.73 Å². The predicted molar refractivity (Wildman–Crippen MR) is 90.3 cm³/mol. The molecule has 1 aromatic heterocycles. The zero-order valence-electron chi connectivity index (χ0n) is 13.4. The van der Waals surface area contributed by atoms with Gasteiger partial charge in [0.05, 0.1) is 6.20 Å². The number of benzene rings is 1. The fourth-order valence-electron chi connectivity index (χ4n) is 1.97. The van der Waals surface area contributed by atoms with Crippen LogP contribution in [0.5, 0.6) is 0 Å². The third kappa shape index (κ3) is 4.82. The van der Waals surface area contributed by atoms with Crippen LogP contribution in [0.3, 0.4) is 0 Å². The van der Waals surface area contributed by atoms with Crippen LogP contribution in [0.1, 0.15) is 10.4 Å². The van der Waals surface area contributed by atoms with Crippen molar-refractivity contribution in [2.45, 2.75) is 32.4 Å². The molecule has 0 aliphatic carbocycles. The van der Waals surface area contributed by atoms with E-state index in [9.17, 15) is 4.79 Å². The standard InChI is InChI=1S/C16H23N3O2Si/c1-22(2,3)8-7-21-12-19-11-15(10-18-19)13-5-4-6-14(9-13)16(17)20/h4-6,9-11H,7-8,12H2,1-3H3,(H2,17,20). The summed E-state index contributed by atoms with van der Waals surface area (Å²) < 4.78 is 7.43. The topological polar surface area (TPSA) is 70.1 Å². The van der Waals surface area contributed by atoms with E-state index in [4.69, 9.17) is 10.5 Å². The maximum atomic E-state index is 11.2. The molecule has 2 N–H and O–H groups in total. The van der Waals surface area contributed by atoms with Crippen LogP contribution in [0, 0.1) is 0 Å². The largest absolute Gasteiger partial charge is 0.366 e. The van der Waals surface area contributed by atoms with Crippen LogP contribution in [-0.2, 0) is 11.5 Å². The van der Waals surface area contributed by atoms with Crippen LogP contribution in [0.15, 0.2) is 36.7 Å². The first-order valence-electron chi connectivity index (χ1n) is 7.36. The van der Waals surface area contributed by atoms with Gasteiger partial charge in [-0.1, -0.05) is 31.8 Å². The third-order valence-corrected chi connectivity index (χ3v) is 5.04. The Hall–Kier alpha value is -1.92. The molecule has 22 heavy (non-hydrogen) atoms. The molecular weight excluding hydrogens is 294 g/mol. The molecule has 0 atom stereocenters. The molecule has 0 fully saturated rings. The van der Waals surface area contributed by atoms with E-state index in [0.29, 0.717) is 12.3 Å². The van der Waals surface area contributed by atoms with Gasteiger partial charge in [-0.3, -0.25) is 4.79 Å². The summed E-state index contributed by atoms with van der Waals surface area (Å²) in [5.41, 5.74) is 7.66. The predicted octanol–water partition coefficient (Wildman–Crippen LogP) is 2.96. The molecule has 0 saturated carbocycles. The number of amides is 1. The Labute approximate surface area is 132 Å². The van der Waals surface area contributed by atoms with Gasteiger partial charge in [-0.05, 0) is 23.7 Å². The van der Waals surface area contributed by atoms with Crippen molar-refractivity contribution in [1.82, 2.24) is 9.78 Å². The number of primary amides is 1. The van der Waals surface area contributed by atoms with Gasteiger partial charge in [-0.25, -0.2) is 4.68 Å². The molecule has 1 heterocycles. The van der Waals surface area contributed by atoms with Gasteiger partial charge >= 0.3 is 0 Å². The highest BCUT2D eigenvalue weighted by molar-refractivity contribution is 6.76. The third-order valence-electron chi connectivity index (χ3n) is 3.33. The second-order valence-corrected chi connectivity index (χ2v) is 12.2. The number of nitrogens with zero attached hydrogens (tertiary/aromatic N) is 2. The summed E-state index contributed by atoms with van der Waals surface area (Å²) in [6.45, 7) is 8.19. The van der Waals surface area contributed by atoms with E-state index in [1.165, 1.54) is 0 Å². The molecular formula is C16H23N3O2Si. The van der Waals surface area contributed by atoms with Crippen LogP contribution in [0.4, 0.5) is 0 Å². The zero-order chi connectivity index (χ0) is 16.2. The lowest BCUT2D eigenvalue weighted by Crippen LogP contribution is -2.22. The summed E-state index contributed by atoms with van der Waals surface area (Å²) in [7, 11) is -1.06. The Morgan fingerprint density at radius 1 is 1.32 bits per heavy atom. The number of hydrogen-bond acceptors (Lipinski definition) is 3. The lowest BCUT2D eigenvalue weighted by Gasteiger charge is -2.15. The van der Waals surface area contributed by atoms with Crippen LogP contribution < -0.4 is 5.73 Å². The molecule has 0 aliphatic rings. The average molecular weight is 317 g/mol. The average Bonchev–Trinajstić information content (AvgIpc) is 2.91. The van der Waals surface area contributed by atoms with E-state index < -0.39 is 14.0 Å². The number of hydrogen-bond donors (Lipinski definition) is 1. The Bertz CT molecular complexity index is 647. The van der Waals surface area contributed by atoms with Crippen molar-refractivity contribution in [3.63, 3.8) is 0 Å². The first-order chi connectivity index (χ1) is 10.3. The molecule has 0 spiro atoms. The number of rotatable bonds is 7. The number of nitrogens with two attached hydrogens (primary N) is 1. The number of carbonyl (C=O) groups excluding carboxylic acids is 1. The zero-order valence-corrected chi connectivity index (χ0v) is 14.4. The van der Waals surface area contributed by atoms with Crippen molar-refractivity contribution >= 4 is 14.0 Å². The highest BCUT2D eigenvalue weighted by atomic mass is 28.3. The molecule has 0 radical (unpaired) electrons. The Kier molecular flexibility index (Phi) is 5.15. The summed E-state index contributed by atoms with van der Waals surface area (Å²) in [6, 6.07) is 8.37. The van der Waals surface area contributed by atoms with Gasteiger partial charge < -0.3 is 10.5 Å². The van der Waals surface area contributed by atoms with Gasteiger partial charge in [0.25, 0.3) is 0 Å². The quantitative estimate of drug-likeness (QED) is 0.630. The van der Waals surface area contributed by atoms with Gasteiger partial charge in [0.2, 0.25) is 5.91 Å². The summed E-state index contributed by atoms with van der Waals surface area (Å²) >= 11 is 0. The maximum Gasteiger partial charge on any atom is 0.248 e. The van der Waals surface area contributed by atoms with Crippen molar-refractivity contribution in [3.05, 3.63) is 42.2 Å². The summed E-state index contributed by atoms with van der Waals surface area (Å²) in [5.74, 6) is -0.427. The van der Waals surface area contributed by atoms with Crippen molar-refractivity contribution in [2.75, 3.05) is 6.61 Å². The van der Waals surface area contributed by atoms with Crippen LogP contribution in [0.2, 0.25) is 25.7 Å². The van der Waals surface area contributed by atoms with Crippen molar-refractivity contribution < 1.29 is 9.53 Å². The number of carbonyl (C=O) groups is 1. The summed E-state index contributed by atoms with van der Waals surface area (Å²) in [5, 5.41) is 4.29. The minimum absolute atomic E-state index is 0.427. The molecule has 118 valence electrons. The van der Waals surface area contributed by atoms with Crippen molar-refractivity contribution in [1.29, 1.82) is 0 Å². The molecule has 0 aliphatic heterocycles. The lowest BCUT2D eigenvalue weighted by atomic mass is 10.1. The van der Waals surface area contributed by atoms with E-state index in [1.54, 1.807) is 23.0 Å². The Morgan fingerprint density at radius 2 is 2.09 bits per heavy atom. The first kappa shape index (κ1) is 16.4. The van der Waals surface area contributed by atoms with Gasteiger partial charge in [-0.2, -0.15) is 5.10 Å². The van der Waals surface area contributed by atoms with Crippen LogP contribution in [-0.4, -0.2) is 30.4 Å². The second kappa shape index (κ2) is 6.89. The SMILES string of the molecule is C[Si](C)(C)CCOCn1cc(-c2cccc(C(N)=O)c2)cn1. The van der Waals surface area contributed by atoms with E-state index in [-0.39, 0.29) is 0 Å². The Morgan fingerprint density at radius 3 is 2.77 bits per heavy atom. The monoisotopic (exact) mass is 317 g/mol. The van der Waals surface area contributed by atoms with Crippen molar-refractivity contribution in [2.24, 2.45) is 5.73 Å². The highest BCUT2D eigenvalue weighted by Crippen LogP contribution is 2.19. The first-order valence-corrected chi connectivity index (χ1v) is 11.1. The molecule has 0 unspecified atom stereocenters. The van der Waals surface area contributed by atoms with Crippen LogP contribution >= 0.6 is 0 Å². The van der Waals surface area contributed by atoms with Gasteiger partial charge in [0.15, 0.2) is 0 Å². The number of ether oxygens (including phenoxy) is 1. The van der Waals surface area contributed by atoms with E-state index >= 15 is 0 Å².